The number of aryl methyl sites for hydroxylation is 2. The van der Waals surface area contributed by atoms with Crippen LogP contribution in [0.15, 0.2) is 18.2 Å². The molecule has 1 amide bonds. The van der Waals surface area contributed by atoms with Gasteiger partial charge in [-0.3, -0.25) is 9.59 Å². The number of carboxylic acids is 1. The van der Waals surface area contributed by atoms with Crippen LogP contribution in [0.4, 0.5) is 13.2 Å². The Labute approximate surface area is 125 Å². The van der Waals surface area contributed by atoms with Crippen LogP contribution < -0.4 is 0 Å². The number of nitrogens with zero attached hydrogens (tertiary/aromatic N) is 1. The van der Waals surface area contributed by atoms with Crippen molar-refractivity contribution < 1.29 is 27.9 Å². The Morgan fingerprint density at radius 1 is 1.27 bits per heavy atom. The molecule has 0 bridgehead atoms. The van der Waals surface area contributed by atoms with Crippen LogP contribution in [0.25, 0.3) is 0 Å². The van der Waals surface area contributed by atoms with Gasteiger partial charge in [-0.05, 0) is 31.9 Å². The van der Waals surface area contributed by atoms with E-state index >= 15 is 0 Å². The molecule has 0 radical (unpaired) electrons. The molecule has 0 saturated carbocycles. The Hall–Kier alpha value is -2.05. The number of halogens is 3. The van der Waals surface area contributed by atoms with Gasteiger partial charge in [-0.25, -0.2) is 0 Å². The second-order valence-electron chi connectivity index (χ2n) is 5.68. The molecule has 0 spiro atoms. The van der Waals surface area contributed by atoms with Crippen molar-refractivity contribution >= 4 is 11.9 Å². The van der Waals surface area contributed by atoms with Gasteiger partial charge in [-0.1, -0.05) is 17.7 Å². The third-order valence-electron chi connectivity index (χ3n) is 4.12. The zero-order chi connectivity index (χ0) is 16.7. The molecule has 22 heavy (non-hydrogen) atoms. The summed E-state index contributed by atoms with van der Waals surface area (Å²) in [6.45, 7) is 2.47. The quantitative estimate of drug-likeness (QED) is 0.913. The van der Waals surface area contributed by atoms with Crippen LogP contribution in [0.3, 0.4) is 0 Å². The molecule has 7 heteroatoms. The number of hydrogen-bond donors (Lipinski definition) is 1. The maximum absolute atomic E-state index is 13.1. The third-order valence-corrected chi connectivity index (χ3v) is 4.12. The Kier molecular flexibility index (Phi) is 3.93. The summed E-state index contributed by atoms with van der Waals surface area (Å²) in [5.74, 6) is -2.50. The number of amides is 1. The second kappa shape index (κ2) is 5.30. The lowest BCUT2D eigenvalue weighted by Gasteiger charge is -2.27. The number of carbonyl (C=O) groups is 2. The molecule has 1 aromatic carbocycles. The van der Waals surface area contributed by atoms with Gasteiger partial charge in [0.25, 0.3) is 5.91 Å². The van der Waals surface area contributed by atoms with Crippen LogP contribution >= 0.6 is 0 Å². The van der Waals surface area contributed by atoms with Gasteiger partial charge >= 0.3 is 12.1 Å². The number of carboxylic acid groups (broad SMARTS) is 1. The van der Waals surface area contributed by atoms with Gasteiger partial charge in [0.05, 0.1) is 0 Å². The fraction of sp³-hybridized carbons (Fsp3) is 0.467. The molecular weight excluding hydrogens is 299 g/mol. The normalized spacial score (nSPS) is 22.0. The molecule has 4 nitrogen and oxygen atoms in total. The lowest BCUT2D eigenvalue weighted by Crippen LogP contribution is -2.47. The van der Waals surface area contributed by atoms with Crippen LogP contribution in [-0.4, -0.2) is 41.1 Å². The summed E-state index contributed by atoms with van der Waals surface area (Å²) < 4.78 is 39.4. The van der Waals surface area contributed by atoms with E-state index in [1.165, 1.54) is 0 Å². The molecule has 1 fully saturated rings. The largest absolute Gasteiger partial charge is 0.481 e. The van der Waals surface area contributed by atoms with Crippen LogP contribution in [-0.2, 0) is 4.79 Å². The van der Waals surface area contributed by atoms with Gasteiger partial charge in [0.1, 0.15) is 0 Å². The highest BCUT2D eigenvalue weighted by Crippen LogP contribution is 2.46. The predicted octanol–water partition coefficient (Wildman–Crippen LogP) is 2.78. The van der Waals surface area contributed by atoms with E-state index in [-0.39, 0.29) is 6.54 Å². The summed E-state index contributed by atoms with van der Waals surface area (Å²) in [5.41, 5.74) is -0.981. The van der Waals surface area contributed by atoms with E-state index in [1.54, 1.807) is 25.1 Å². The number of rotatable bonds is 2. The predicted molar refractivity (Wildman–Crippen MR) is 72.6 cm³/mol. The first-order valence-corrected chi connectivity index (χ1v) is 6.75. The number of likely N-dealkylation sites (tertiary alicyclic amines) is 1. The first-order valence-electron chi connectivity index (χ1n) is 6.75. The molecule has 0 aromatic heterocycles. The summed E-state index contributed by atoms with van der Waals surface area (Å²) in [6, 6.07) is 5.02. The highest BCUT2D eigenvalue weighted by molar-refractivity contribution is 5.96. The van der Waals surface area contributed by atoms with Crippen molar-refractivity contribution in [2.45, 2.75) is 26.4 Å². The smallest absolute Gasteiger partial charge is 0.406 e. The lowest BCUT2D eigenvalue weighted by atomic mass is 9.86. The molecule has 1 aliphatic rings. The maximum atomic E-state index is 13.1. The highest BCUT2D eigenvalue weighted by atomic mass is 19.4. The minimum atomic E-state index is -4.89. The number of aliphatic carboxylic acids is 1. The summed E-state index contributed by atoms with van der Waals surface area (Å²) in [6.07, 6.45) is -5.52. The molecular formula is C15H16F3NO3. The van der Waals surface area contributed by atoms with Gasteiger partial charge in [-0.15, -0.1) is 0 Å². The molecule has 1 N–H and O–H groups in total. The molecule has 2 rings (SSSR count). The Balaban J connectivity index is 2.29. The first kappa shape index (κ1) is 16.3. The van der Waals surface area contributed by atoms with E-state index in [4.69, 9.17) is 5.11 Å². The van der Waals surface area contributed by atoms with Gasteiger partial charge in [0.2, 0.25) is 0 Å². The van der Waals surface area contributed by atoms with Gasteiger partial charge in [-0.2, -0.15) is 13.2 Å². The molecule has 1 aliphatic heterocycles. The average Bonchev–Trinajstić information content (AvgIpc) is 2.83. The van der Waals surface area contributed by atoms with E-state index < -0.39 is 36.4 Å². The van der Waals surface area contributed by atoms with Crippen molar-refractivity contribution in [2.24, 2.45) is 5.41 Å². The van der Waals surface area contributed by atoms with E-state index in [0.29, 0.717) is 11.1 Å². The molecule has 0 aliphatic carbocycles. The third kappa shape index (κ3) is 2.55. The number of alkyl halides is 3. The standard InChI is InChI=1S/C15H16F3NO3/c1-9-3-4-11(10(2)7-9)12(20)19-6-5-14(8-19,13(21)22)15(16,17)18/h3-4,7H,5-6,8H2,1-2H3,(H,21,22). The van der Waals surface area contributed by atoms with Crippen molar-refractivity contribution in [2.75, 3.05) is 13.1 Å². The molecule has 1 unspecified atom stereocenters. The van der Waals surface area contributed by atoms with Gasteiger partial charge < -0.3 is 10.0 Å². The average molecular weight is 315 g/mol. The molecule has 120 valence electrons. The summed E-state index contributed by atoms with van der Waals surface area (Å²) in [4.78, 5) is 24.5. The lowest BCUT2D eigenvalue weighted by molar-refractivity contribution is -0.227. The molecule has 1 atom stereocenters. The molecule has 1 aromatic rings. The SMILES string of the molecule is Cc1ccc(C(=O)N2CCC(C(=O)O)(C(F)(F)F)C2)c(C)c1. The van der Waals surface area contributed by atoms with E-state index in [0.717, 1.165) is 10.5 Å². The minimum Gasteiger partial charge on any atom is -0.481 e. The van der Waals surface area contributed by atoms with E-state index in [9.17, 15) is 22.8 Å². The number of carbonyl (C=O) groups excluding carboxylic acids is 1. The summed E-state index contributed by atoms with van der Waals surface area (Å²) >= 11 is 0. The van der Waals surface area contributed by atoms with Crippen molar-refractivity contribution in [3.63, 3.8) is 0 Å². The van der Waals surface area contributed by atoms with Crippen molar-refractivity contribution in [1.82, 2.24) is 4.90 Å². The zero-order valence-electron chi connectivity index (χ0n) is 12.2. The van der Waals surface area contributed by atoms with Crippen molar-refractivity contribution in [3.8, 4) is 0 Å². The fourth-order valence-electron chi connectivity index (χ4n) is 2.73. The topological polar surface area (TPSA) is 57.6 Å². The Morgan fingerprint density at radius 2 is 1.91 bits per heavy atom. The highest BCUT2D eigenvalue weighted by Gasteiger charge is 2.64. The van der Waals surface area contributed by atoms with Gasteiger partial charge in [0.15, 0.2) is 5.41 Å². The summed E-state index contributed by atoms with van der Waals surface area (Å²) in [5, 5.41) is 9.00. The van der Waals surface area contributed by atoms with Gasteiger partial charge in [0, 0.05) is 18.7 Å². The minimum absolute atomic E-state index is 0.224. The molecule has 1 heterocycles. The van der Waals surface area contributed by atoms with Crippen LogP contribution in [0.2, 0.25) is 0 Å². The Morgan fingerprint density at radius 3 is 2.36 bits per heavy atom. The van der Waals surface area contributed by atoms with Crippen molar-refractivity contribution in [1.29, 1.82) is 0 Å². The monoisotopic (exact) mass is 315 g/mol. The maximum Gasteiger partial charge on any atom is 0.406 e. The van der Waals surface area contributed by atoms with Crippen LogP contribution in [0, 0.1) is 19.3 Å². The Bertz CT molecular complexity index is 627. The first-order chi connectivity index (χ1) is 10.1. The van der Waals surface area contributed by atoms with E-state index in [2.05, 4.69) is 0 Å². The molecule has 1 saturated heterocycles. The van der Waals surface area contributed by atoms with Crippen LogP contribution in [0.1, 0.15) is 27.9 Å². The number of benzene rings is 1. The second-order valence-corrected chi connectivity index (χ2v) is 5.68. The fourth-order valence-corrected chi connectivity index (χ4v) is 2.73. The van der Waals surface area contributed by atoms with Crippen LogP contribution in [0.5, 0.6) is 0 Å². The summed E-state index contributed by atoms with van der Waals surface area (Å²) in [7, 11) is 0. The van der Waals surface area contributed by atoms with E-state index in [1.807, 2.05) is 6.92 Å². The zero-order valence-corrected chi connectivity index (χ0v) is 12.2. The number of hydrogen-bond acceptors (Lipinski definition) is 2. The van der Waals surface area contributed by atoms with Crippen molar-refractivity contribution in [3.05, 3.63) is 34.9 Å².